The predicted molar refractivity (Wildman–Crippen MR) is 104 cm³/mol. The second kappa shape index (κ2) is 8.86. The van der Waals surface area contributed by atoms with E-state index >= 15 is 0 Å². The molecule has 0 aliphatic carbocycles. The number of nitrogens with one attached hydrogen (secondary N) is 1. The Morgan fingerprint density at radius 1 is 1.07 bits per heavy atom. The molecule has 1 N–H and O–H groups in total. The van der Waals surface area contributed by atoms with Gasteiger partial charge in [0.1, 0.15) is 5.76 Å². The molecule has 0 saturated heterocycles. The van der Waals surface area contributed by atoms with Crippen LogP contribution in [0, 0.1) is 6.92 Å². The van der Waals surface area contributed by atoms with Crippen LogP contribution in [0.2, 0.25) is 0 Å². The van der Waals surface area contributed by atoms with E-state index in [2.05, 4.69) is 4.72 Å². The number of aryl methyl sites for hydroxylation is 1. The maximum atomic E-state index is 12.5. The first-order valence-corrected chi connectivity index (χ1v) is 10.3. The number of sulfonamides is 1. The topological polar surface area (TPSA) is 85.6 Å². The standard InChI is InChI=1S/C21H21NO5S/c1-16-9-10-19(28(24,25)22-15-18-8-5-12-26-18)14-20(16)21(23)27-13-11-17-6-3-2-4-7-17/h2-10,12,14,22H,11,13,15H2,1H3. The van der Waals surface area contributed by atoms with Gasteiger partial charge < -0.3 is 9.15 Å². The van der Waals surface area contributed by atoms with Crippen molar-refractivity contribution in [3.63, 3.8) is 0 Å². The first-order chi connectivity index (χ1) is 13.5. The van der Waals surface area contributed by atoms with Crippen LogP contribution in [0.4, 0.5) is 0 Å². The van der Waals surface area contributed by atoms with Crippen LogP contribution in [0.1, 0.15) is 27.2 Å². The Labute approximate surface area is 164 Å². The molecule has 146 valence electrons. The predicted octanol–water partition coefficient (Wildman–Crippen LogP) is 3.47. The molecule has 0 spiro atoms. The first-order valence-electron chi connectivity index (χ1n) is 8.79. The van der Waals surface area contributed by atoms with E-state index in [4.69, 9.17) is 9.15 Å². The number of ether oxygens (including phenoxy) is 1. The minimum absolute atomic E-state index is 0.000310. The number of esters is 1. The monoisotopic (exact) mass is 399 g/mol. The molecule has 0 aliphatic heterocycles. The second-order valence-electron chi connectivity index (χ2n) is 6.25. The fraction of sp³-hybridized carbons (Fsp3) is 0.190. The van der Waals surface area contributed by atoms with Gasteiger partial charge in [0.05, 0.1) is 29.9 Å². The smallest absolute Gasteiger partial charge is 0.338 e. The minimum Gasteiger partial charge on any atom is -0.468 e. The van der Waals surface area contributed by atoms with Crippen molar-refractivity contribution < 1.29 is 22.4 Å². The lowest BCUT2D eigenvalue weighted by Crippen LogP contribution is -2.23. The molecular weight excluding hydrogens is 378 g/mol. The van der Waals surface area contributed by atoms with E-state index in [-0.39, 0.29) is 23.6 Å². The van der Waals surface area contributed by atoms with Crippen molar-refractivity contribution in [2.45, 2.75) is 24.8 Å². The van der Waals surface area contributed by atoms with Crippen LogP contribution in [0.15, 0.2) is 76.2 Å². The highest BCUT2D eigenvalue weighted by atomic mass is 32.2. The van der Waals surface area contributed by atoms with Crippen molar-refractivity contribution in [2.24, 2.45) is 0 Å². The zero-order valence-corrected chi connectivity index (χ0v) is 16.2. The summed E-state index contributed by atoms with van der Waals surface area (Å²) in [6.45, 7) is 1.98. The summed E-state index contributed by atoms with van der Waals surface area (Å²) in [6.07, 6.45) is 2.06. The Balaban J connectivity index is 1.67. The molecule has 0 atom stereocenters. The summed E-state index contributed by atoms with van der Waals surface area (Å²) in [6, 6.07) is 17.4. The first kappa shape index (κ1) is 19.9. The van der Waals surface area contributed by atoms with Gasteiger partial charge in [0.25, 0.3) is 0 Å². The molecule has 0 aliphatic rings. The van der Waals surface area contributed by atoms with Gasteiger partial charge in [-0.25, -0.2) is 17.9 Å². The Kier molecular flexibility index (Phi) is 6.28. The molecule has 0 unspecified atom stereocenters. The molecule has 6 nitrogen and oxygen atoms in total. The van der Waals surface area contributed by atoms with Crippen molar-refractivity contribution in [2.75, 3.05) is 6.61 Å². The molecule has 3 aromatic rings. The molecule has 1 heterocycles. The van der Waals surface area contributed by atoms with Gasteiger partial charge in [-0.3, -0.25) is 0 Å². The third-order valence-electron chi connectivity index (χ3n) is 4.22. The number of rotatable bonds is 8. The highest BCUT2D eigenvalue weighted by molar-refractivity contribution is 7.89. The summed E-state index contributed by atoms with van der Waals surface area (Å²) in [5, 5.41) is 0. The molecule has 7 heteroatoms. The average molecular weight is 399 g/mol. The fourth-order valence-electron chi connectivity index (χ4n) is 2.63. The quantitative estimate of drug-likeness (QED) is 0.586. The van der Waals surface area contributed by atoms with Crippen LogP contribution in [0.3, 0.4) is 0 Å². The Bertz CT molecular complexity index is 1030. The van der Waals surface area contributed by atoms with Gasteiger partial charge in [-0.15, -0.1) is 0 Å². The van der Waals surface area contributed by atoms with Crippen LogP contribution in [-0.2, 0) is 27.7 Å². The van der Waals surface area contributed by atoms with Crippen LogP contribution in [0.5, 0.6) is 0 Å². The number of benzene rings is 2. The van der Waals surface area contributed by atoms with Crippen molar-refractivity contribution in [3.8, 4) is 0 Å². The summed E-state index contributed by atoms with van der Waals surface area (Å²) in [7, 11) is -3.79. The molecule has 2 aromatic carbocycles. The number of carbonyl (C=O) groups is 1. The van der Waals surface area contributed by atoms with Crippen LogP contribution >= 0.6 is 0 Å². The molecular formula is C21H21NO5S. The number of hydrogen-bond donors (Lipinski definition) is 1. The normalized spacial score (nSPS) is 11.3. The van der Waals surface area contributed by atoms with Crippen LogP contribution in [-0.4, -0.2) is 21.0 Å². The van der Waals surface area contributed by atoms with Gasteiger partial charge in [-0.05, 0) is 42.3 Å². The lowest BCUT2D eigenvalue weighted by molar-refractivity contribution is 0.0508. The third kappa shape index (κ3) is 5.09. The van der Waals surface area contributed by atoms with E-state index in [1.807, 2.05) is 30.3 Å². The van der Waals surface area contributed by atoms with E-state index < -0.39 is 16.0 Å². The summed E-state index contributed by atoms with van der Waals surface area (Å²) in [5.74, 6) is -0.0484. The van der Waals surface area contributed by atoms with E-state index in [1.54, 1.807) is 25.1 Å². The minimum atomic E-state index is -3.79. The molecule has 0 radical (unpaired) electrons. The summed E-state index contributed by atoms with van der Waals surface area (Å²) in [5.41, 5.74) is 1.94. The van der Waals surface area contributed by atoms with Gasteiger partial charge >= 0.3 is 5.97 Å². The Hall–Kier alpha value is -2.90. The summed E-state index contributed by atoms with van der Waals surface area (Å²) in [4.78, 5) is 12.4. The lowest BCUT2D eigenvalue weighted by Gasteiger charge is -2.10. The highest BCUT2D eigenvalue weighted by Gasteiger charge is 2.19. The zero-order valence-electron chi connectivity index (χ0n) is 15.4. The van der Waals surface area contributed by atoms with E-state index in [0.29, 0.717) is 17.7 Å². The lowest BCUT2D eigenvalue weighted by atomic mass is 10.1. The van der Waals surface area contributed by atoms with Crippen molar-refractivity contribution in [1.82, 2.24) is 4.72 Å². The van der Waals surface area contributed by atoms with Gasteiger partial charge in [0.2, 0.25) is 10.0 Å². The summed E-state index contributed by atoms with van der Waals surface area (Å²) < 4.78 is 37.9. The zero-order chi connectivity index (χ0) is 20.0. The molecule has 0 amide bonds. The SMILES string of the molecule is Cc1ccc(S(=O)(=O)NCc2ccco2)cc1C(=O)OCCc1ccccc1. The van der Waals surface area contributed by atoms with Crippen LogP contribution in [0.25, 0.3) is 0 Å². The molecule has 28 heavy (non-hydrogen) atoms. The molecule has 0 saturated carbocycles. The summed E-state index contributed by atoms with van der Waals surface area (Å²) >= 11 is 0. The maximum absolute atomic E-state index is 12.5. The Morgan fingerprint density at radius 2 is 1.86 bits per heavy atom. The molecule has 3 rings (SSSR count). The third-order valence-corrected chi connectivity index (χ3v) is 5.62. The van der Waals surface area contributed by atoms with Crippen LogP contribution < -0.4 is 4.72 Å². The van der Waals surface area contributed by atoms with Gasteiger partial charge in [-0.1, -0.05) is 36.4 Å². The number of carbonyl (C=O) groups excluding carboxylic acids is 1. The van der Waals surface area contributed by atoms with Gasteiger partial charge in [0, 0.05) is 6.42 Å². The average Bonchev–Trinajstić information content (AvgIpc) is 3.21. The highest BCUT2D eigenvalue weighted by Crippen LogP contribution is 2.17. The Morgan fingerprint density at radius 3 is 2.57 bits per heavy atom. The fourth-order valence-corrected chi connectivity index (χ4v) is 3.65. The number of hydrogen-bond acceptors (Lipinski definition) is 5. The molecule has 0 fully saturated rings. The molecule has 0 bridgehead atoms. The largest absolute Gasteiger partial charge is 0.468 e. The van der Waals surface area contributed by atoms with E-state index in [0.717, 1.165) is 5.56 Å². The molecule has 1 aromatic heterocycles. The maximum Gasteiger partial charge on any atom is 0.338 e. The van der Waals surface area contributed by atoms with Crippen molar-refractivity contribution >= 4 is 16.0 Å². The van der Waals surface area contributed by atoms with E-state index in [1.165, 1.54) is 18.4 Å². The van der Waals surface area contributed by atoms with Crippen molar-refractivity contribution in [3.05, 3.63) is 89.4 Å². The van der Waals surface area contributed by atoms with Crippen molar-refractivity contribution in [1.29, 1.82) is 0 Å². The number of furan rings is 1. The van der Waals surface area contributed by atoms with Gasteiger partial charge in [0.15, 0.2) is 0 Å². The van der Waals surface area contributed by atoms with E-state index in [9.17, 15) is 13.2 Å². The second-order valence-corrected chi connectivity index (χ2v) is 8.02. The van der Waals surface area contributed by atoms with Gasteiger partial charge in [-0.2, -0.15) is 0 Å².